The molecule has 2 saturated heterocycles. The summed E-state index contributed by atoms with van der Waals surface area (Å²) in [5, 5.41) is 17.7. The number of amides is 1. The lowest BCUT2D eigenvalue weighted by atomic mass is 9.71. The standard InChI is InChI=1S/C33H38N6O2/c1-22(16-34)17-36-30-28-15-24(7-6-23(28)8-13-29(30)41-3)27-5-4-14-35-31(27)32(40)37-25-9-11-26(12-10-25)39-20-33(21-39)18-38(2)19-33/h4-8,13-15,25-26,36H,1,9-12,17-21H2,2-3H3,(H,37,40). The summed E-state index contributed by atoms with van der Waals surface area (Å²) in [6.07, 6.45) is 5.94. The number of hydrogen-bond donors (Lipinski definition) is 2. The quantitative estimate of drug-likeness (QED) is 0.393. The van der Waals surface area contributed by atoms with Gasteiger partial charge in [0.25, 0.3) is 5.91 Å². The zero-order valence-corrected chi connectivity index (χ0v) is 23.9. The molecule has 8 heteroatoms. The van der Waals surface area contributed by atoms with Gasteiger partial charge in [0, 0.05) is 72.9 Å². The van der Waals surface area contributed by atoms with Crippen molar-refractivity contribution in [3.8, 4) is 22.9 Å². The van der Waals surface area contributed by atoms with E-state index >= 15 is 0 Å². The second kappa shape index (κ2) is 11.2. The first-order chi connectivity index (χ1) is 19.9. The number of methoxy groups -OCH3 is 1. The van der Waals surface area contributed by atoms with Crippen LogP contribution in [0.4, 0.5) is 5.69 Å². The number of fused-ring (bicyclic) bond motifs is 1. The summed E-state index contributed by atoms with van der Waals surface area (Å²) in [4.78, 5) is 23.1. The number of aromatic nitrogens is 1. The van der Waals surface area contributed by atoms with Crippen LogP contribution in [-0.4, -0.2) is 79.7 Å². The summed E-state index contributed by atoms with van der Waals surface area (Å²) in [6.45, 7) is 9.04. The predicted molar refractivity (Wildman–Crippen MR) is 162 cm³/mol. The Morgan fingerprint density at radius 2 is 1.90 bits per heavy atom. The van der Waals surface area contributed by atoms with E-state index in [4.69, 9.17) is 10.00 Å². The van der Waals surface area contributed by atoms with Gasteiger partial charge in [0.05, 0.1) is 18.9 Å². The van der Waals surface area contributed by atoms with Gasteiger partial charge in [-0.15, -0.1) is 0 Å². The number of anilines is 1. The first-order valence-electron chi connectivity index (χ1n) is 14.5. The highest BCUT2D eigenvalue weighted by atomic mass is 16.5. The number of nitrogens with one attached hydrogen (secondary N) is 2. The van der Waals surface area contributed by atoms with E-state index in [0.29, 0.717) is 35.0 Å². The van der Waals surface area contributed by atoms with Crippen molar-refractivity contribution < 1.29 is 9.53 Å². The van der Waals surface area contributed by atoms with Crippen molar-refractivity contribution in [2.75, 3.05) is 52.2 Å². The van der Waals surface area contributed by atoms with E-state index in [9.17, 15) is 4.79 Å². The second-order valence-electron chi connectivity index (χ2n) is 12.1. The third kappa shape index (κ3) is 5.40. The fourth-order valence-corrected chi connectivity index (χ4v) is 7.08. The van der Waals surface area contributed by atoms with Crippen LogP contribution in [0.15, 0.2) is 60.8 Å². The maximum atomic E-state index is 13.5. The van der Waals surface area contributed by atoms with E-state index in [0.717, 1.165) is 53.3 Å². The Labute approximate surface area is 242 Å². The molecule has 2 N–H and O–H groups in total. The number of likely N-dealkylation sites (tertiary alicyclic amines) is 2. The van der Waals surface area contributed by atoms with Crippen molar-refractivity contribution in [1.82, 2.24) is 20.1 Å². The zero-order valence-electron chi connectivity index (χ0n) is 23.9. The Bertz CT molecular complexity index is 1510. The van der Waals surface area contributed by atoms with Crippen LogP contribution in [0, 0.1) is 16.7 Å². The lowest BCUT2D eigenvalue weighted by Crippen LogP contribution is -2.72. The molecule has 8 nitrogen and oxygen atoms in total. The largest absolute Gasteiger partial charge is 0.495 e. The number of rotatable bonds is 8. The van der Waals surface area contributed by atoms with E-state index in [1.807, 2.05) is 42.5 Å². The molecule has 3 fully saturated rings. The Morgan fingerprint density at radius 1 is 1.15 bits per heavy atom. The van der Waals surface area contributed by atoms with Crippen LogP contribution in [0.25, 0.3) is 21.9 Å². The molecule has 212 valence electrons. The van der Waals surface area contributed by atoms with Crippen LogP contribution < -0.4 is 15.4 Å². The lowest BCUT2D eigenvalue weighted by Gasteiger charge is -2.62. The van der Waals surface area contributed by atoms with Gasteiger partial charge in [-0.05, 0) is 61.9 Å². The molecule has 2 aliphatic heterocycles. The number of nitriles is 1. The Kier molecular flexibility index (Phi) is 7.41. The molecule has 1 aromatic heterocycles. The van der Waals surface area contributed by atoms with Crippen molar-refractivity contribution in [2.45, 2.75) is 37.8 Å². The molecule has 3 heterocycles. The number of benzene rings is 2. The Hall–Kier alpha value is -3.93. The Balaban J connectivity index is 1.16. The summed E-state index contributed by atoms with van der Waals surface area (Å²) in [5.41, 5.74) is 3.89. The first kappa shape index (κ1) is 27.3. The summed E-state index contributed by atoms with van der Waals surface area (Å²) < 4.78 is 5.61. The molecular weight excluding hydrogens is 512 g/mol. The van der Waals surface area contributed by atoms with Crippen molar-refractivity contribution in [3.05, 3.63) is 66.5 Å². The fourth-order valence-electron chi connectivity index (χ4n) is 7.08. The van der Waals surface area contributed by atoms with Crippen LogP contribution in [0.2, 0.25) is 0 Å². The molecule has 1 aliphatic carbocycles. The number of pyridine rings is 1. The van der Waals surface area contributed by atoms with E-state index in [-0.39, 0.29) is 11.9 Å². The molecule has 6 rings (SSSR count). The molecule has 3 aliphatic rings. The third-order valence-corrected chi connectivity index (χ3v) is 9.01. The van der Waals surface area contributed by atoms with Crippen molar-refractivity contribution in [1.29, 1.82) is 5.26 Å². The van der Waals surface area contributed by atoms with Crippen LogP contribution in [-0.2, 0) is 0 Å². The predicted octanol–water partition coefficient (Wildman–Crippen LogP) is 4.69. The van der Waals surface area contributed by atoms with E-state index in [1.54, 1.807) is 13.3 Å². The number of carbonyl (C=O) groups is 1. The summed E-state index contributed by atoms with van der Waals surface area (Å²) >= 11 is 0. The highest BCUT2D eigenvalue weighted by Crippen LogP contribution is 2.42. The minimum absolute atomic E-state index is 0.126. The van der Waals surface area contributed by atoms with Crippen LogP contribution in [0.3, 0.4) is 0 Å². The van der Waals surface area contributed by atoms with Crippen molar-refractivity contribution in [2.24, 2.45) is 5.41 Å². The maximum absolute atomic E-state index is 13.5. The second-order valence-corrected chi connectivity index (χ2v) is 12.1. The summed E-state index contributed by atoms with van der Waals surface area (Å²) in [6, 6.07) is 16.7. The molecule has 1 amide bonds. The van der Waals surface area contributed by atoms with Gasteiger partial charge in [0.15, 0.2) is 0 Å². The fraction of sp³-hybridized carbons (Fsp3) is 0.424. The van der Waals surface area contributed by atoms with Gasteiger partial charge < -0.3 is 20.3 Å². The average molecular weight is 551 g/mol. The highest BCUT2D eigenvalue weighted by molar-refractivity contribution is 6.03. The van der Waals surface area contributed by atoms with Crippen LogP contribution in [0.5, 0.6) is 5.75 Å². The highest BCUT2D eigenvalue weighted by Gasteiger charge is 2.52. The van der Waals surface area contributed by atoms with Gasteiger partial charge in [-0.25, -0.2) is 0 Å². The lowest BCUT2D eigenvalue weighted by molar-refractivity contribution is -0.125. The minimum Gasteiger partial charge on any atom is -0.495 e. The molecule has 0 bridgehead atoms. The van der Waals surface area contributed by atoms with Gasteiger partial charge in [0.2, 0.25) is 0 Å². The van der Waals surface area contributed by atoms with E-state index < -0.39 is 0 Å². The number of hydrogen-bond acceptors (Lipinski definition) is 7. The van der Waals surface area contributed by atoms with Gasteiger partial charge in [0.1, 0.15) is 11.4 Å². The van der Waals surface area contributed by atoms with E-state index in [2.05, 4.69) is 45.1 Å². The van der Waals surface area contributed by atoms with Crippen LogP contribution in [0.1, 0.15) is 36.2 Å². The third-order valence-electron chi connectivity index (χ3n) is 9.01. The minimum atomic E-state index is -0.126. The van der Waals surface area contributed by atoms with Gasteiger partial charge in [-0.3, -0.25) is 14.7 Å². The smallest absolute Gasteiger partial charge is 0.270 e. The van der Waals surface area contributed by atoms with Crippen LogP contribution >= 0.6 is 0 Å². The maximum Gasteiger partial charge on any atom is 0.270 e. The topological polar surface area (TPSA) is 93.5 Å². The molecule has 0 unspecified atom stereocenters. The average Bonchev–Trinajstić information content (AvgIpc) is 2.96. The summed E-state index contributed by atoms with van der Waals surface area (Å²) in [5.74, 6) is 0.549. The number of ether oxygens (including phenoxy) is 1. The van der Waals surface area contributed by atoms with Gasteiger partial charge in [-0.1, -0.05) is 30.8 Å². The monoisotopic (exact) mass is 550 g/mol. The molecule has 3 aromatic rings. The molecular formula is C33H38N6O2. The summed E-state index contributed by atoms with van der Waals surface area (Å²) in [7, 11) is 3.83. The zero-order chi connectivity index (χ0) is 28.6. The van der Waals surface area contributed by atoms with Crippen molar-refractivity contribution >= 4 is 22.4 Å². The molecule has 0 radical (unpaired) electrons. The van der Waals surface area contributed by atoms with Gasteiger partial charge >= 0.3 is 0 Å². The molecule has 1 saturated carbocycles. The molecule has 0 atom stereocenters. The van der Waals surface area contributed by atoms with Crippen molar-refractivity contribution in [3.63, 3.8) is 0 Å². The molecule has 41 heavy (non-hydrogen) atoms. The first-order valence-corrected chi connectivity index (χ1v) is 14.5. The van der Waals surface area contributed by atoms with E-state index in [1.165, 1.54) is 26.2 Å². The SMILES string of the molecule is C=C(C#N)CNc1c(OC)ccc2ccc(-c3cccnc3C(=O)NC3CCC(N4CC5(CN(C)C5)C4)CC3)cc12. The number of nitrogens with zero attached hydrogens (tertiary/aromatic N) is 4. The number of carbonyl (C=O) groups excluding carboxylic acids is 1. The normalized spacial score (nSPS) is 21.9. The molecule has 1 spiro atoms. The Morgan fingerprint density at radius 3 is 2.61 bits per heavy atom. The van der Waals surface area contributed by atoms with Gasteiger partial charge in [-0.2, -0.15) is 5.26 Å². The molecule has 2 aromatic carbocycles.